The van der Waals surface area contributed by atoms with Gasteiger partial charge in [-0.25, -0.2) is 23.3 Å². The molecule has 0 spiro atoms. The van der Waals surface area contributed by atoms with E-state index in [1.807, 2.05) is 42.5 Å². The standard InChI is InChI=1S/C47H49F3N8O3/c1-26-19-32-31-10-6-7-11-36(31)53-42(32)44(58(26)24-47(2,3)4)39-34(49)22-30(23-35(39)50)61-18-17-60-16-8-9-27-12-14-28(15-13-27)41-40(45-51-25-52-57(45)5)43-38-33(46(59)56-55-43)20-29(48)21-37(38)54-41/h6-7,10-15,20-23,25-26,40-41,44,53-54H,8-9,16-19,24H2,1-5H3,(H,56,59)/t26-,40-,41-,44-/m1/s1. The molecule has 11 nitrogen and oxygen atoms in total. The highest BCUT2D eigenvalue weighted by molar-refractivity contribution is 5.97. The molecule has 5 heterocycles. The molecule has 7 aromatic rings. The topological polar surface area (TPSA) is 126 Å². The van der Waals surface area contributed by atoms with E-state index in [-0.39, 0.29) is 47.4 Å². The average molecular weight is 831 g/mol. The smallest absolute Gasteiger partial charge is 0.272 e. The number of fused-ring (bicyclic) bond motifs is 3. The number of nitrogens with zero attached hydrogens (tertiary/aromatic N) is 5. The minimum absolute atomic E-state index is 0.0217. The highest BCUT2D eigenvalue weighted by atomic mass is 19.1. The zero-order chi connectivity index (χ0) is 42.6. The second-order valence-electron chi connectivity index (χ2n) is 17.5. The lowest BCUT2D eigenvalue weighted by molar-refractivity contribution is 0.0949. The Morgan fingerprint density at radius 1 is 0.934 bits per heavy atom. The first-order valence-electron chi connectivity index (χ1n) is 20.8. The molecular formula is C47H49F3N8O3. The highest BCUT2D eigenvalue weighted by Crippen LogP contribution is 2.47. The number of aromatic nitrogens is 6. The van der Waals surface area contributed by atoms with E-state index in [1.54, 1.807) is 11.7 Å². The Bertz CT molecular complexity index is 2770. The van der Waals surface area contributed by atoms with Crippen LogP contribution in [0.15, 0.2) is 83.9 Å². The molecule has 0 bridgehead atoms. The van der Waals surface area contributed by atoms with E-state index in [0.29, 0.717) is 35.7 Å². The number of benzene rings is 4. The Morgan fingerprint density at radius 3 is 2.44 bits per heavy atom. The molecule has 0 fully saturated rings. The van der Waals surface area contributed by atoms with Crippen molar-refractivity contribution in [2.24, 2.45) is 12.5 Å². The zero-order valence-electron chi connectivity index (χ0n) is 34.9. The van der Waals surface area contributed by atoms with E-state index in [9.17, 15) is 9.18 Å². The highest BCUT2D eigenvalue weighted by Gasteiger charge is 2.41. The number of aryl methyl sites for hydroxylation is 2. The predicted octanol–water partition coefficient (Wildman–Crippen LogP) is 8.66. The summed E-state index contributed by atoms with van der Waals surface area (Å²) in [6.07, 6.45) is 3.76. The fraction of sp³-hybridized carbons (Fsp3) is 0.362. The molecule has 14 heteroatoms. The maximum Gasteiger partial charge on any atom is 0.272 e. The van der Waals surface area contributed by atoms with Crippen molar-refractivity contribution in [1.29, 1.82) is 0 Å². The summed E-state index contributed by atoms with van der Waals surface area (Å²) in [5.74, 6) is -1.46. The molecule has 0 aliphatic carbocycles. The fourth-order valence-electron chi connectivity index (χ4n) is 9.28. The third-order valence-corrected chi connectivity index (χ3v) is 11.9. The third-order valence-electron chi connectivity index (χ3n) is 11.9. The van der Waals surface area contributed by atoms with Gasteiger partial charge in [0.05, 0.1) is 35.7 Å². The molecule has 0 saturated carbocycles. The van der Waals surface area contributed by atoms with Gasteiger partial charge in [-0.15, -0.1) is 0 Å². The zero-order valence-corrected chi connectivity index (χ0v) is 34.9. The fourth-order valence-corrected chi connectivity index (χ4v) is 9.28. The molecule has 9 rings (SSSR count). The lowest BCUT2D eigenvalue weighted by atomic mass is 9.83. The molecule has 316 valence electrons. The Labute approximate surface area is 351 Å². The number of anilines is 1. The third kappa shape index (κ3) is 7.78. The van der Waals surface area contributed by atoms with Gasteiger partial charge < -0.3 is 19.8 Å². The van der Waals surface area contributed by atoms with Gasteiger partial charge in [-0.05, 0) is 66.5 Å². The van der Waals surface area contributed by atoms with E-state index in [0.717, 1.165) is 52.5 Å². The van der Waals surface area contributed by atoms with Gasteiger partial charge >= 0.3 is 0 Å². The van der Waals surface area contributed by atoms with E-state index in [2.05, 4.69) is 69.2 Å². The van der Waals surface area contributed by atoms with Crippen LogP contribution in [0.1, 0.15) is 91.6 Å². The number of ether oxygens (including phenoxy) is 2. The minimum atomic E-state index is -0.642. The van der Waals surface area contributed by atoms with Crippen LogP contribution in [0.5, 0.6) is 5.75 Å². The summed E-state index contributed by atoms with van der Waals surface area (Å²) in [7, 11) is 1.80. The molecule has 0 unspecified atom stereocenters. The number of halogens is 3. The van der Waals surface area contributed by atoms with Crippen molar-refractivity contribution in [2.75, 3.05) is 31.7 Å². The van der Waals surface area contributed by atoms with Gasteiger partial charge in [0.2, 0.25) is 0 Å². The first-order chi connectivity index (χ1) is 29.3. The van der Waals surface area contributed by atoms with Gasteiger partial charge in [-0.3, -0.25) is 14.4 Å². The van der Waals surface area contributed by atoms with Gasteiger partial charge in [0.25, 0.3) is 5.56 Å². The van der Waals surface area contributed by atoms with Crippen LogP contribution in [-0.4, -0.2) is 67.3 Å². The first kappa shape index (κ1) is 40.4. The van der Waals surface area contributed by atoms with E-state index >= 15 is 8.78 Å². The molecule has 3 aromatic heterocycles. The minimum Gasteiger partial charge on any atom is -0.491 e. The predicted molar refractivity (Wildman–Crippen MR) is 228 cm³/mol. The van der Waals surface area contributed by atoms with Gasteiger partial charge in [0.1, 0.15) is 42.0 Å². The molecule has 61 heavy (non-hydrogen) atoms. The van der Waals surface area contributed by atoms with Crippen molar-refractivity contribution in [2.45, 2.75) is 71.0 Å². The van der Waals surface area contributed by atoms with Gasteiger partial charge in [-0.1, -0.05) is 63.2 Å². The number of aromatic amines is 2. The number of hydrogen-bond donors (Lipinski definition) is 3. The Morgan fingerprint density at radius 2 is 1.70 bits per heavy atom. The van der Waals surface area contributed by atoms with Crippen LogP contribution in [0.3, 0.4) is 0 Å². The molecular weight excluding hydrogens is 782 g/mol. The summed E-state index contributed by atoms with van der Waals surface area (Å²) >= 11 is 0. The van der Waals surface area contributed by atoms with Crippen molar-refractivity contribution in [1.82, 2.24) is 34.8 Å². The van der Waals surface area contributed by atoms with Crippen molar-refractivity contribution in [3.8, 4) is 5.75 Å². The maximum absolute atomic E-state index is 16.1. The van der Waals surface area contributed by atoms with Crippen LogP contribution in [0, 0.1) is 22.9 Å². The molecule has 2 aliphatic heterocycles. The van der Waals surface area contributed by atoms with Gasteiger partial charge in [0.15, 0.2) is 0 Å². The van der Waals surface area contributed by atoms with Crippen molar-refractivity contribution < 1.29 is 22.6 Å². The number of H-pyrrole nitrogens is 2. The van der Waals surface area contributed by atoms with Gasteiger partial charge in [0, 0.05) is 71.6 Å². The van der Waals surface area contributed by atoms with Crippen LogP contribution in [0.25, 0.3) is 21.7 Å². The molecule has 2 aliphatic rings. The number of hydrogen-bond acceptors (Lipinski definition) is 8. The molecule has 0 saturated heterocycles. The number of nitrogens with one attached hydrogen (secondary N) is 3. The molecule has 0 radical (unpaired) electrons. The second kappa shape index (κ2) is 16.1. The summed E-state index contributed by atoms with van der Waals surface area (Å²) in [5, 5.41) is 16.6. The number of rotatable bonds is 12. The Hall–Kier alpha value is -5.99. The normalized spacial score (nSPS) is 19.0. The first-order valence-corrected chi connectivity index (χ1v) is 20.8. The molecule has 3 N–H and O–H groups in total. The lowest BCUT2D eigenvalue weighted by Crippen LogP contribution is -2.46. The monoisotopic (exact) mass is 830 g/mol. The number of para-hydroxylation sites is 1. The van der Waals surface area contributed by atoms with Crippen LogP contribution < -0.4 is 15.6 Å². The molecule has 0 amide bonds. The molecule has 4 atom stereocenters. The van der Waals surface area contributed by atoms with Crippen LogP contribution in [0.2, 0.25) is 0 Å². The van der Waals surface area contributed by atoms with Crippen molar-refractivity contribution in [3.05, 3.63) is 146 Å². The summed E-state index contributed by atoms with van der Waals surface area (Å²) < 4.78 is 60.3. The summed E-state index contributed by atoms with van der Waals surface area (Å²) in [6.45, 7) is 10.1. The van der Waals surface area contributed by atoms with Crippen LogP contribution in [-0.2, 0) is 24.6 Å². The largest absolute Gasteiger partial charge is 0.491 e. The average Bonchev–Trinajstić information content (AvgIpc) is 3.81. The Balaban J connectivity index is 0.820. The second-order valence-corrected chi connectivity index (χ2v) is 17.5. The van der Waals surface area contributed by atoms with Crippen LogP contribution in [0.4, 0.5) is 18.9 Å². The SMILES string of the molecule is C[C@@H]1Cc2c([nH]c3ccccc23)[C@@H](c2c(F)cc(OCCOCCCc3ccc([C@H]4Nc5cc(F)cc6c(=O)[nH]nc(c56)[C@@H]4c4ncnn4C)cc3)cc2F)N1CC(C)(C)C. The van der Waals surface area contributed by atoms with E-state index < -0.39 is 35.0 Å². The summed E-state index contributed by atoms with van der Waals surface area (Å²) in [4.78, 5) is 22.9. The summed E-state index contributed by atoms with van der Waals surface area (Å²) in [6, 6.07) is 20.5. The van der Waals surface area contributed by atoms with E-state index in [1.165, 1.54) is 30.6 Å². The van der Waals surface area contributed by atoms with Crippen molar-refractivity contribution in [3.63, 3.8) is 0 Å². The van der Waals surface area contributed by atoms with E-state index in [4.69, 9.17) is 9.47 Å². The van der Waals surface area contributed by atoms with Gasteiger partial charge in [-0.2, -0.15) is 10.2 Å². The Kier molecular flexibility index (Phi) is 10.7. The lowest BCUT2D eigenvalue weighted by Gasteiger charge is -2.44. The quantitative estimate of drug-likeness (QED) is 0.105. The van der Waals surface area contributed by atoms with Crippen LogP contribution >= 0.6 is 0 Å². The maximum atomic E-state index is 16.1. The molecule has 4 aromatic carbocycles. The summed E-state index contributed by atoms with van der Waals surface area (Å²) in [5.41, 5.74) is 5.48. The van der Waals surface area contributed by atoms with Crippen molar-refractivity contribution >= 4 is 27.4 Å².